The number of rotatable bonds is 3. The molecule has 1 amide bonds. The Morgan fingerprint density at radius 3 is 2.33 bits per heavy atom. The number of carbonyl (C=O) groups is 1. The van der Waals surface area contributed by atoms with Crippen molar-refractivity contribution in [3.8, 4) is 0 Å². The normalized spacial score (nSPS) is 15.0. The van der Waals surface area contributed by atoms with Crippen molar-refractivity contribution in [1.29, 1.82) is 0 Å². The fraction of sp³-hybridized carbons (Fsp3) is 0.174. The van der Waals surface area contributed by atoms with Gasteiger partial charge in [-0.25, -0.2) is 0 Å². The van der Waals surface area contributed by atoms with E-state index < -0.39 is 0 Å². The topological polar surface area (TPSA) is 23.6 Å². The van der Waals surface area contributed by atoms with Gasteiger partial charge in [0.2, 0.25) is 0 Å². The summed E-state index contributed by atoms with van der Waals surface area (Å²) in [4.78, 5) is 16.1. The molecular formula is C23H20N2OS. The van der Waals surface area contributed by atoms with Crippen LogP contribution in [0.15, 0.2) is 77.7 Å². The maximum atomic E-state index is 13.1. The maximum Gasteiger partial charge on any atom is 0.258 e. The number of hydrogen-bond donors (Lipinski definition) is 0. The van der Waals surface area contributed by atoms with Crippen LogP contribution in [-0.2, 0) is 12.8 Å². The van der Waals surface area contributed by atoms with Gasteiger partial charge in [0.25, 0.3) is 5.91 Å². The van der Waals surface area contributed by atoms with Gasteiger partial charge < -0.3 is 9.21 Å². The number of hydrogen-bond acceptors (Lipinski definition) is 3. The summed E-state index contributed by atoms with van der Waals surface area (Å²) < 4.78 is 2.32. The molecule has 0 N–H and O–H groups in total. The molecule has 27 heavy (non-hydrogen) atoms. The molecule has 3 nitrogen and oxygen atoms in total. The van der Waals surface area contributed by atoms with Gasteiger partial charge in [-0.2, -0.15) is 0 Å². The second-order valence-corrected chi connectivity index (χ2v) is 8.03. The van der Waals surface area contributed by atoms with Crippen molar-refractivity contribution in [2.24, 2.45) is 0 Å². The van der Waals surface area contributed by atoms with Crippen molar-refractivity contribution in [2.45, 2.75) is 17.7 Å². The first-order chi connectivity index (χ1) is 13.3. The molecule has 3 aromatic carbocycles. The van der Waals surface area contributed by atoms with E-state index in [1.807, 2.05) is 41.3 Å². The van der Waals surface area contributed by atoms with E-state index >= 15 is 0 Å². The average molecular weight is 372 g/mol. The molecule has 0 spiro atoms. The Bertz CT molecular complexity index is 1020. The number of nitrogens with zero attached hydrogens (tertiary/aromatic N) is 2. The van der Waals surface area contributed by atoms with Crippen LogP contribution in [0.5, 0.6) is 0 Å². The molecule has 2 aliphatic rings. The van der Waals surface area contributed by atoms with Crippen LogP contribution in [0.25, 0.3) is 0 Å². The van der Waals surface area contributed by atoms with Crippen LogP contribution < -0.4 is 9.21 Å². The number of amides is 1. The summed E-state index contributed by atoms with van der Waals surface area (Å²) in [6.07, 6.45) is 2.01. The van der Waals surface area contributed by atoms with Gasteiger partial charge in [0.15, 0.2) is 0 Å². The molecule has 0 saturated heterocycles. The highest BCUT2D eigenvalue weighted by atomic mass is 32.2. The van der Waals surface area contributed by atoms with Crippen LogP contribution in [0.2, 0.25) is 0 Å². The summed E-state index contributed by atoms with van der Waals surface area (Å²) in [7, 11) is 0. The maximum absolute atomic E-state index is 13.1. The van der Waals surface area contributed by atoms with Crippen LogP contribution in [0.1, 0.15) is 21.5 Å². The predicted octanol–water partition coefficient (Wildman–Crippen LogP) is 4.96. The quantitative estimate of drug-likeness (QED) is 0.607. The van der Waals surface area contributed by atoms with E-state index in [4.69, 9.17) is 0 Å². The lowest BCUT2D eigenvalue weighted by atomic mass is 10.1. The van der Waals surface area contributed by atoms with Crippen molar-refractivity contribution < 1.29 is 4.79 Å². The highest BCUT2D eigenvalue weighted by molar-refractivity contribution is 8.00. The average Bonchev–Trinajstić information content (AvgIpc) is 3.32. The minimum Gasteiger partial charge on any atom is -0.312 e. The number of carbonyl (C=O) groups excluding carboxylic acids is 1. The van der Waals surface area contributed by atoms with E-state index in [1.54, 1.807) is 11.9 Å². The Kier molecular flexibility index (Phi) is 4.13. The molecule has 0 aliphatic carbocycles. The molecule has 5 rings (SSSR count). The summed E-state index contributed by atoms with van der Waals surface area (Å²) in [5, 5.41) is 0. The molecule has 3 aromatic rings. The molecule has 0 saturated carbocycles. The molecule has 134 valence electrons. The molecule has 0 fully saturated rings. The SMILES string of the molecule is O=C(c1cccc(SN2CCc3ccccc32)c1)N1CCc2ccccc21. The van der Waals surface area contributed by atoms with Crippen LogP contribution in [0, 0.1) is 0 Å². The Balaban J connectivity index is 1.38. The first kappa shape index (κ1) is 16.5. The van der Waals surface area contributed by atoms with Crippen LogP contribution in [0.3, 0.4) is 0 Å². The largest absolute Gasteiger partial charge is 0.312 e. The molecule has 2 heterocycles. The number of benzene rings is 3. The minimum atomic E-state index is 0.0872. The van der Waals surface area contributed by atoms with Gasteiger partial charge in [-0.1, -0.05) is 42.5 Å². The van der Waals surface area contributed by atoms with Gasteiger partial charge in [0.1, 0.15) is 0 Å². The smallest absolute Gasteiger partial charge is 0.258 e. The zero-order valence-corrected chi connectivity index (χ0v) is 15.8. The van der Waals surface area contributed by atoms with Crippen molar-refractivity contribution in [2.75, 3.05) is 22.3 Å². The van der Waals surface area contributed by atoms with E-state index in [1.165, 1.54) is 16.8 Å². The summed E-state index contributed by atoms with van der Waals surface area (Å²) in [6.45, 7) is 1.76. The Labute approximate surface area is 163 Å². The fourth-order valence-corrected chi connectivity index (χ4v) is 4.95. The molecule has 0 unspecified atom stereocenters. The molecule has 0 bridgehead atoms. The number of para-hydroxylation sites is 2. The van der Waals surface area contributed by atoms with Gasteiger partial charge in [-0.05, 0) is 66.2 Å². The van der Waals surface area contributed by atoms with Crippen molar-refractivity contribution in [3.05, 3.63) is 89.5 Å². The van der Waals surface area contributed by atoms with Gasteiger partial charge in [0, 0.05) is 29.2 Å². The first-order valence-corrected chi connectivity index (χ1v) is 10.1. The van der Waals surface area contributed by atoms with E-state index in [-0.39, 0.29) is 5.91 Å². The second-order valence-electron chi connectivity index (χ2n) is 6.94. The third-order valence-electron chi connectivity index (χ3n) is 5.27. The van der Waals surface area contributed by atoms with Gasteiger partial charge >= 0.3 is 0 Å². The Morgan fingerprint density at radius 2 is 1.48 bits per heavy atom. The first-order valence-electron chi connectivity index (χ1n) is 9.33. The lowest BCUT2D eigenvalue weighted by Crippen LogP contribution is -2.28. The van der Waals surface area contributed by atoms with E-state index in [9.17, 15) is 4.79 Å². The molecular weight excluding hydrogens is 352 g/mol. The zero-order chi connectivity index (χ0) is 18.2. The van der Waals surface area contributed by atoms with Gasteiger partial charge in [-0.3, -0.25) is 4.79 Å². The summed E-state index contributed by atoms with van der Waals surface area (Å²) in [6, 6.07) is 24.8. The standard InChI is InChI=1S/C23H20N2OS/c26-23(24-14-12-17-6-1-3-10-21(17)24)19-8-5-9-20(16-19)27-25-15-13-18-7-2-4-11-22(18)25/h1-11,16H,12-15H2. The molecule has 0 aromatic heterocycles. The van der Waals surface area contributed by atoms with Crippen molar-refractivity contribution >= 4 is 29.2 Å². The number of anilines is 2. The summed E-state index contributed by atoms with van der Waals surface area (Å²) in [5.41, 5.74) is 5.74. The van der Waals surface area contributed by atoms with Crippen LogP contribution in [0.4, 0.5) is 11.4 Å². The third kappa shape index (κ3) is 3.00. The van der Waals surface area contributed by atoms with Crippen LogP contribution in [-0.4, -0.2) is 19.0 Å². The lowest BCUT2D eigenvalue weighted by Gasteiger charge is -2.20. The van der Waals surface area contributed by atoms with Crippen LogP contribution >= 0.6 is 11.9 Å². The molecule has 4 heteroatoms. The molecule has 0 radical (unpaired) electrons. The second kappa shape index (κ2) is 6.78. The monoisotopic (exact) mass is 372 g/mol. The Hall–Kier alpha value is -2.72. The highest BCUT2D eigenvalue weighted by Crippen LogP contribution is 2.37. The predicted molar refractivity (Wildman–Crippen MR) is 112 cm³/mol. The summed E-state index contributed by atoms with van der Waals surface area (Å²) >= 11 is 1.72. The molecule has 0 atom stereocenters. The van der Waals surface area contributed by atoms with E-state index in [2.05, 4.69) is 40.7 Å². The molecule has 2 aliphatic heterocycles. The fourth-order valence-electron chi connectivity index (χ4n) is 3.92. The van der Waals surface area contributed by atoms with Crippen molar-refractivity contribution in [3.63, 3.8) is 0 Å². The minimum absolute atomic E-state index is 0.0872. The zero-order valence-electron chi connectivity index (χ0n) is 15.0. The highest BCUT2D eigenvalue weighted by Gasteiger charge is 2.25. The van der Waals surface area contributed by atoms with Gasteiger partial charge in [0.05, 0.1) is 5.69 Å². The lowest BCUT2D eigenvalue weighted by molar-refractivity contribution is 0.0989. The third-order valence-corrected chi connectivity index (χ3v) is 6.34. The van der Waals surface area contributed by atoms with E-state index in [0.29, 0.717) is 0 Å². The van der Waals surface area contributed by atoms with Gasteiger partial charge in [-0.15, -0.1) is 0 Å². The van der Waals surface area contributed by atoms with E-state index in [0.717, 1.165) is 42.1 Å². The Morgan fingerprint density at radius 1 is 0.778 bits per heavy atom. The van der Waals surface area contributed by atoms with Crippen molar-refractivity contribution in [1.82, 2.24) is 0 Å². The number of fused-ring (bicyclic) bond motifs is 2. The summed E-state index contributed by atoms with van der Waals surface area (Å²) in [5.74, 6) is 0.0872.